The number of para-hydroxylation sites is 1. The van der Waals surface area contributed by atoms with E-state index < -0.39 is 0 Å². The maximum Gasteiger partial charge on any atom is 0.269 e. The van der Waals surface area contributed by atoms with Gasteiger partial charge in [0.05, 0.1) is 13.0 Å². The maximum absolute atomic E-state index is 11.9. The molecule has 2 rings (SSSR count). The van der Waals surface area contributed by atoms with Crippen molar-refractivity contribution in [3.05, 3.63) is 65.2 Å². The van der Waals surface area contributed by atoms with E-state index in [-0.39, 0.29) is 24.8 Å². The van der Waals surface area contributed by atoms with Gasteiger partial charge in [-0.25, -0.2) is 0 Å². The summed E-state index contributed by atoms with van der Waals surface area (Å²) >= 11 is 0. The van der Waals surface area contributed by atoms with Gasteiger partial charge in [-0.15, -0.1) is 0 Å². The highest BCUT2D eigenvalue weighted by molar-refractivity contribution is 5.95. The summed E-state index contributed by atoms with van der Waals surface area (Å²) < 4.78 is 5.55. The standard InChI is InChI=1S/C19H22N2O3/c1-3-15-8-10-16(11-9-15)19(23)21-20-18(22)12-13-24-17-7-5-4-6-14(17)2/h4-11H,3,12-13H2,1-2H3,(H,20,22)(H,21,23). The Morgan fingerprint density at radius 2 is 1.71 bits per heavy atom. The van der Waals surface area contributed by atoms with Crippen molar-refractivity contribution in [2.45, 2.75) is 26.7 Å². The second-order valence-electron chi connectivity index (χ2n) is 5.42. The predicted octanol–water partition coefficient (Wildman–Crippen LogP) is 2.79. The minimum atomic E-state index is -0.342. The molecule has 24 heavy (non-hydrogen) atoms. The first-order valence-corrected chi connectivity index (χ1v) is 7.96. The van der Waals surface area contributed by atoms with E-state index in [2.05, 4.69) is 10.9 Å². The van der Waals surface area contributed by atoms with Crippen LogP contribution in [0.1, 0.15) is 34.8 Å². The molecule has 2 aromatic carbocycles. The largest absolute Gasteiger partial charge is 0.493 e. The first-order valence-electron chi connectivity index (χ1n) is 7.96. The molecule has 0 saturated heterocycles. The Morgan fingerprint density at radius 1 is 1.00 bits per heavy atom. The van der Waals surface area contributed by atoms with E-state index in [9.17, 15) is 9.59 Å². The van der Waals surface area contributed by atoms with Gasteiger partial charge in [-0.2, -0.15) is 0 Å². The van der Waals surface area contributed by atoms with Gasteiger partial charge in [-0.3, -0.25) is 20.4 Å². The van der Waals surface area contributed by atoms with Crippen LogP contribution in [0, 0.1) is 6.92 Å². The molecule has 2 N–H and O–H groups in total. The molecule has 5 nitrogen and oxygen atoms in total. The third kappa shape index (κ3) is 5.12. The molecule has 5 heteroatoms. The molecule has 0 spiro atoms. The molecule has 0 fully saturated rings. The zero-order chi connectivity index (χ0) is 17.4. The molecule has 0 aromatic heterocycles. The van der Waals surface area contributed by atoms with Crippen LogP contribution in [0.2, 0.25) is 0 Å². The molecule has 0 bridgehead atoms. The molecular weight excluding hydrogens is 304 g/mol. The first kappa shape index (κ1) is 17.5. The van der Waals surface area contributed by atoms with E-state index in [4.69, 9.17) is 4.74 Å². The first-order chi connectivity index (χ1) is 11.6. The lowest BCUT2D eigenvalue weighted by atomic mass is 10.1. The van der Waals surface area contributed by atoms with Gasteiger partial charge in [0.1, 0.15) is 5.75 Å². The van der Waals surface area contributed by atoms with Crippen LogP contribution in [0.3, 0.4) is 0 Å². The molecule has 2 aromatic rings. The van der Waals surface area contributed by atoms with E-state index >= 15 is 0 Å². The molecule has 0 heterocycles. The summed E-state index contributed by atoms with van der Waals surface area (Å²) in [5, 5.41) is 0. The van der Waals surface area contributed by atoms with Crippen LogP contribution in [-0.2, 0) is 11.2 Å². The van der Waals surface area contributed by atoms with E-state index in [1.165, 1.54) is 0 Å². The van der Waals surface area contributed by atoms with Crippen molar-refractivity contribution in [2.24, 2.45) is 0 Å². The Balaban J connectivity index is 1.72. The predicted molar refractivity (Wildman–Crippen MR) is 92.7 cm³/mol. The van der Waals surface area contributed by atoms with E-state index in [0.717, 1.165) is 23.3 Å². The van der Waals surface area contributed by atoms with E-state index in [1.54, 1.807) is 12.1 Å². The fourth-order valence-electron chi connectivity index (χ4n) is 2.13. The molecule has 0 radical (unpaired) electrons. The Labute approximate surface area is 142 Å². The molecule has 126 valence electrons. The minimum Gasteiger partial charge on any atom is -0.493 e. The summed E-state index contributed by atoms with van der Waals surface area (Å²) in [7, 11) is 0. The van der Waals surface area contributed by atoms with Gasteiger partial charge in [0.2, 0.25) is 5.91 Å². The molecule has 0 aliphatic heterocycles. The molecule has 0 atom stereocenters. The van der Waals surface area contributed by atoms with Crippen molar-refractivity contribution in [3.63, 3.8) is 0 Å². The van der Waals surface area contributed by atoms with Gasteiger partial charge in [0, 0.05) is 5.56 Å². The fraction of sp³-hybridized carbons (Fsp3) is 0.263. The summed E-state index contributed by atoms with van der Waals surface area (Å²) in [5.41, 5.74) is 7.47. The van der Waals surface area contributed by atoms with Crippen molar-refractivity contribution >= 4 is 11.8 Å². The molecule has 0 saturated carbocycles. The number of hydrogen-bond acceptors (Lipinski definition) is 3. The molecule has 0 aliphatic carbocycles. The quantitative estimate of drug-likeness (QED) is 0.802. The molecule has 0 unspecified atom stereocenters. The third-order valence-corrected chi connectivity index (χ3v) is 3.62. The summed E-state index contributed by atoms with van der Waals surface area (Å²) in [6, 6.07) is 14.9. The van der Waals surface area contributed by atoms with Crippen LogP contribution in [-0.4, -0.2) is 18.4 Å². The topological polar surface area (TPSA) is 67.4 Å². The van der Waals surface area contributed by atoms with Crippen LogP contribution in [0.25, 0.3) is 0 Å². The minimum absolute atomic E-state index is 0.156. The number of amides is 2. The van der Waals surface area contributed by atoms with Crippen molar-refractivity contribution in [2.75, 3.05) is 6.61 Å². The average molecular weight is 326 g/mol. The number of nitrogens with one attached hydrogen (secondary N) is 2. The maximum atomic E-state index is 11.9. The highest BCUT2D eigenvalue weighted by atomic mass is 16.5. The van der Waals surface area contributed by atoms with Crippen molar-refractivity contribution in [3.8, 4) is 5.75 Å². The van der Waals surface area contributed by atoms with Crippen molar-refractivity contribution < 1.29 is 14.3 Å². The van der Waals surface area contributed by atoms with Crippen LogP contribution in [0.15, 0.2) is 48.5 Å². The normalized spacial score (nSPS) is 10.1. The summed E-state index contributed by atoms with van der Waals surface area (Å²) in [6.45, 7) is 4.24. The highest BCUT2D eigenvalue weighted by Crippen LogP contribution is 2.16. The Kier molecular flexibility index (Phi) is 6.37. The van der Waals surface area contributed by atoms with Gasteiger partial charge in [-0.1, -0.05) is 37.3 Å². The lowest BCUT2D eigenvalue weighted by molar-refractivity contribution is -0.122. The van der Waals surface area contributed by atoms with Crippen LogP contribution in [0.5, 0.6) is 5.75 Å². The molecular formula is C19H22N2O3. The highest BCUT2D eigenvalue weighted by Gasteiger charge is 2.08. The lowest BCUT2D eigenvalue weighted by Gasteiger charge is -2.10. The van der Waals surface area contributed by atoms with Crippen molar-refractivity contribution in [1.82, 2.24) is 10.9 Å². The molecule has 0 aliphatic rings. The van der Waals surface area contributed by atoms with E-state index in [1.807, 2.05) is 50.2 Å². The smallest absolute Gasteiger partial charge is 0.269 e. The number of benzene rings is 2. The monoisotopic (exact) mass is 326 g/mol. The second-order valence-corrected chi connectivity index (χ2v) is 5.42. The zero-order valence-corrected chi connectivity index (χ0v) is 14.0. The number of rotatable bonds is 6. The number of ether oxygens (including phenoxy) is 1. The Hall–Kier alpha value is -2.82. The van der Waals surface area contributed by atoms with Crippen LogP contribution in [0.4, 0.5) is 0 Å². The number of hydrogen-bond donors (Lipinski definition) is 2. The average Bonchev–Trinajstić information content (AvgIpc) is 2.61. The third-order valence-electron chi connectivity index (χ3n) is 3.62. The molecule has 2 amide bonds. The number of carbonyl (C=O) groups excluding carboxylic acids is 2. The van der Waals surface area contributed by atoms with Gasteiger partial charge in [-0.05, 0) is 42.7 Å². The Bertz CT molecular complexity index is 696. The number of carbonyl (C=O) groups is 2. The van der Waals surface area contributed by atoms with Crippen LogP contribution >= 0.6 is 0 Å². The zero-order valence-electron chi connectivity index (χ0n) is 14.0. The van der Waals surface area contributed by atoms with Gasteiger partial charge in [0.25, 0.3) is 5.91 Å². The van der Waals surface area contributed by atoms with Crippen molar-refractivity contribution in [1.29, 1.82) is 0 Å². The summed E-state index contributed by atoms with van der Waals surface area (Å²) in [6.07, 6.45) is 1.07. The number of hydrazine groups is 1. The fourth-order valence-corrected chi connectivity index (χ4v) is 2.13. The van der Waals surface area contributed by atoms with Crippen LogP contribution < -0.4 is 15.6 Å². The van der Waals surface area contributed by atoms with Gasteiger partial charge >= 0.3 is 0 Å². The Morgan fingerprint density at radius 3 is 2.38 bits per heavy atom. The van der Waals surface area contributed by atoms with E-state index in [0.29, 0.717) is 5.56 Å². The van der Waals surface area contributed by atoms with Gasteiger partial charge < -0.3 is 4.74 Å². The summed E-state index contributed by atoms with van der Waals surface area (Å²) in [5.74, 6) is 0.110. The summed E-state index contributed by atoms with van der Waals surface area (Å²) in [4.78, 5) is 23.7. The van der Waals surface area contributed by atoms with Gasteiger partial charge in [0.15, 0.2) is 0 Å². The SMILES string of the molecule is CCc1ccc(C(=O)NNC(=O)CCOc2ccccc2C)cc1. The number of aryl methyl sites for hydroxylation is 2. The second kappa shape index (κ2) is 8.72. The lowest BCUT2D eigenvalue weighted by Crippen LogP contribution is -2.42.